The van der Waals surface area contributed by atoms with Crippen LogP contribution in [-0.4, -0.2) is 27.8 Å². The zero-order valence-corrected chi connectivity index (χ0v) is 18.1. The van der Waals surface area contributed by atoms with Gasteiger partial charge in [0.05, 0.1) is 12.8 Å². The molecule has 0 fully saturated rings. The summed E-state index contributed by atoms with van der Waals surface area (Å²) in [7, 11) is 1.57. The van der Waals surface area contributed by atoms with Gasteiger partial charge in [0.2, 0.25) is 5.82 Å². The van der Waals surface area contributed by atoms with Crippen molar-refractivity contribution in [3.63, 3.8) is 0 Å². The van der Waals surface area contributed by atoms with E-state index >= 15 is 0 Å². The van der Waals surface area contributed by atoms with E-state index < -0.39 is 5.91 Å². The molecule has 1 aromatic heterocycles. The van der Waals surface area contributed by atoms with E-state index in [-0.39, 0.29) is 5.82 Å². The Bertz CT molecular complexity index is 1250. The third-order valence-corrected chi connectivity index (χ3v) is 5.32. The van der Waals surface area contributed by atoms with Crippen LogP contribution in [0.2, 0.25) is 5.02 Å². The molecule has 4 aromatic rings. The number of hydrogen-bond donors (Lipinski definition) is 1. The van der Waals surface area contributed by atoms with Crippen molar-refractivity contribution in [3.8, 4) is 22.8 Å². The number of benzene rings is 3. The van der Waals surface area contributed by atoms with Gasteiger partial charge in [-0.05, 0) is 43.7 Å². The summed E-state index contributed by atoms with van der Waals surface area (Å²) in [5, 5.41) is 7.97. The number of nitrogens with one attached hydrogen (secondary N) is 1. The molecular formula is C24H21ClN4O2. The Labute approximate surface area is 185 Å². The fraction of sp³-hybridized carbons (Fsp3) is 0.125. The lowest BCUT2D eigenvalue weighted by atomic mass is 10.1. The van der Waals surface area contributed by atoms with Gasteiger partial charge in [0.25, 0.3) is 5.91 Å². The summed E-state index contributed by atoms with van der Waals surface area (Å²) in [5.74, 6) is 0.838. The smallest absolute Gasteiger partial charge is 0.295 e. The molecule has 0 aliphatic carbocycles. The van der Waals surface area contributed by atoms with Gasteiger partial charge in [0.1, 0.15) is 5.75 Å². The quantitative estimate of drug-likeness (QED) is 0.454. The van der Waals surface area contributed by atoms with Crippen molar-refractivity contribution in [1.29, 1.82) is 0 Å². The van der Waals surface area contributed by atoms with Crippen LogP contribution in [-0.2, 0) is 0 Å². The molecule has 4 rings (SSSR count). The first-order valence-corrected chi connectivity index (χ1v) is 10.1. The first-order chi connectivity index (χ1) is 15.0. The third kappa shape index (κ3) is 4.29. The van der Waals surface area contributed by atoms with Crippen LogP contribution >= 0.6 is 11.6 Å². The van der Waals surface area contributed by atoms with Crippen molar-refractivity contribution in [2.75, 3.05) is 12.4 Å². The number of carbonyl (C=O) groups excluding carboxylic acids is 1. The number of nitrogens with zero attached hydrogens (tertiary/aromatic N) is 3. The topological polar surface area (TPSA) is 69.0 Å². The van der Waals surface area contributed by atoms with Crippen molar-refractivity contribution in [2.24, 2.45) is 0 Å². The van der Waals surface area contributed by atoms with Gasteiger partial charge in [-0.1, -0.05) is 53.6 Å². The number of rotatable bonds is 5. The molecule has 0 radical (unpaired) electrons. The van der Waals surface area contributed by atoms with Crippen molar-refractivity contribution < 1.29 is 9.53 Å². The minimum atomic E-state index is -0.417. The molecule has 0 spiro atoms. The van der Waals surface area contributed by atoms with Gasteiger partial charge in [-0.15, -0.1) is 5.10 Å². The Kier molecular flexibility index (Phi) is 5.73. The second kappa shape index (κ2) is 8.62. The first-order valence-electron chi connectivity index (χ1n) is 9.71. The van der Waals surface area contributed by atoms with Gasteiger partial charge in [-0.2, -0.15) is 0 Å². The molecule has 156 valence electrons. The highest BCUT2D eigenvalue weighted by molar-refractivity contribution is 6.31. The molecule has 0 aliphatic rings. The third-order valence-electron chi connectivity index (χ3n) is 4.91. The summed E-state index contributed by atoms with van der Waals surface area (Å²) in [6, 6.07) is 20.6. The first kappa shape index (κ1) is 20.6. The highest BCUT2D eigenvalue weighted by atomic mass is 35.5. The number of amides is 1. The van der Waals surface area contributed by atoms with E-state index in [9.17, 15) is 4.79 Å². The van der Waals surface area contributed by atoms with Gasteiger partial charge in [0.15, 0.2) is 5.82 Å². The summed E-state index contributed by atoms with van der Waals surface area (Å²) < 4.78 is 6.87. The normalized spacial score (nSPS) is 10.7. The average Bonchev–Trinajstić information content (AvgIpc) is 3.21. The Morgan fingerprint density at radius 2 is 1.77 bits per heavy atom. The molecule has 1 N–H and O–H groups in total. The fourth-order valence-corrected chi connectivity index (χ4v) is 3.35. The maximum Gasteiger partial charge on any atom is 0.295 e. The lowest BCUT2D eigenvalue weighted by molar-refractivity contribution is 0.101. The van der Waals surface area contributed by atoms with Crippen LogP contribution in [0.15, 0.2) is 66.7 Å². The Morgan fingerprint density at radius 1 is 1.03 bits per heavy atom. The molecule has 0 saturated heterocycles. The van der Waals surface area contributed by atoms with Crippen LogP contribution in [0.3, 0.4) is 0 Å². The highest BCUT2D eigenvalue weighted by Gasteiger charge is 2.20. The lowest BCUT2D eigenvalue weighted by Gasteiger charge is -2.10. The largest absolute Gasteiger partial charge is 0.497 e. The molecule has 0 bridgehead atoms. The molecule has 3 aromatic carbocycles. The molecule has 0 aliphatic heterocycles. The molecule has 0 atom stereocenters. The Morgan fingerprint density at radius 3 is 2.52 bits per heavy atom. The minimum Gasteiger partial charge on any atom is -0.497 e. The highest BCUT2D eigenvalue weighted by Crippen LogP contribution is 2.27. The standard InChI is InChI=1S/C24H21ClN4O2/c1-15-10-12-17(13-11-15)23-27-22(24(30)26-18-6-4-7-19(14-18)31-3)28-29(23)21-9-5-8-20(25)16(21)2/h4-14H,1-3H3,(H,26,30). The van der Waals surface area contributed by atoms with Crippen molar-refractivity contribution in [1.82, 2.24) is 14.8 Å². The van der Waals surface area contributed by atoms with Crippen molar-refractivity contribution >= 4 is 23.2 Å². The molecule has 0 unspecified atom stereocenters. The number of aromatic nitrogens is 3. The van der Waals surface area contributed by atoms with Gasteiger partial charge in [0, 0.05) is 22.3 Å². The zero-order chi connectivity index (χ0) is 22.0. The minimum absolute atomic E-state index is 0.0535. The summed E-state index contributed by atoms with van der Waals surface area (Å²) in [5.41, 5.74) is 4.18. The van der Waals surface area contributed by atoms with Gasteiger partial charge < -0.3 is 10.1 Å². The van der Waals surface area contributed by atoms with Crippen LogP contribution in [0.25, 0.3) is 17.1 Å². The van der Waals surface area contributed by atoms with Gasteiger partial charge >= 0.3 is 0 Å². The van der Waals surface area contributed by atoms with E-state index in [1.54, 1.807) is 36.1 Å². The fourth-order valence-electron chi connectivity index (χ4n) is 3.18. The van der Waals surface area contributed by atoms with E-state index in [1.807, 2.05) is 56.3 Å². The maximum absolute atomic E-state index is 12.9. The van der Waals surface area contributed by atoms with E-state index in [1.165, 1.54) is 0 Å². The van der Waals surface area contributed by atoms with E-state index in [0.717, 1.165) is 22.4 Å². The summed E-state index contributed by atoms with van der Waals surface area (Å²) in [6.07, 6.45) is 0. The van der Waals surface area contributed by atoms with Crippen molar-refractivity contribution in [3.05, 3.63) is 88.7 Å². The molecule has 1 heterocycles. The van der Waals surface area contributed by atoms with E-state index in [4.69, 9.17) is 16.3 Å². The average molecular weight is 433 g/mol. The van der Waals surface area contributed by atoms with E-state index in [0.29, 0.717) is 22.3 Å². The lowest BCUT2D eigenvalue weighted by Crippen LogP contribution is -2.14. The number of anilines is 1. The maximum atomic E-state index is 12.9. The molecule has 0 saturated carbocycles. The molecule has 6 nitrogen and oxygen atoms in total. The monoisotopic (exact) mass is 432 g/mol. The summed E-state index contributed by atoms with van der Waals surface area (Å²) in [4.78, 5) is 17.5. The van der Waals surface area contributed by atoms with Crippen LogP contribution in [0.4, 0.5) is 5.69 Å². The molecular weight excluding hydrogens is 412 g/mol. The number of methoxy groups -OCH3 is 1. The van der Waals surface area contributed by atoms with Crippen LogP contribution in [0, 0.1) is 13.8 Å². The number of ether oxygens (including phenoxy) is 1. The van der Waals surface area contributed by atoms with Crippen LogP contribution in [0.1, 0.15) is 21.7 Å². The number of halogens is 1. The predicted octanol–water partition coefficient (Wildman–Crippen LogP) is 5.47. The number of hydrogen-bond acceptors (Lipinski definition) is 4. The SMILES string of the molecule is COc1cccc(NC(=O)c2nc(-c3ccc(C)cc3)n(-c3cccc(Cl)c3C)n2)c1. The number of carbonyl (C=O) groups is 1. The second-order valence-electron chi connectivity index (χ2n) is 7.11. The van der Waals surface area contributed by atoms with Gasteiger partial charge in [-0.3, -0.25) is 4.79 Å². The molecule has 1 amide bonds. The Hall–Kier alpha value is -3.64. The number of aryl methyl sites for hydroxylation is 1. The second-order valence-corrected chi connectivity index (χ2v) is 7.51. The van der Waals surface area contributed by atoms with Crippen LogP contribution < -0.4 is 10.1 Å². The predicted molar refractivity (Wildman–Crippen MR) is 122 cm³/mol. The van der Waals surface area contributed by atoms with Crippen LogP contribution in [0.5, 0.6) is 5.75 Å². The van der Waals surface area contributed by atoms with E-state index in [2.05, 4.69) is 15.4 Å². The molecule has 31 heavy (non-hydrogen) atoms. The summed E-state index contributed by atoms with van der Waals surface area (Å²) >= 11 is 6.34. The van der Waals surface area contributed by atoms with Gasteiger partial charge in [-0.25, -0.2) is 9.67 Å². The Balaban J connectivity index is 1.78. The molecule has 7 heteroatoms. The zero-order valence-electron chi connectivity index (χ0n) is 17.4. The van der Waals surface area contributed by atoms with Crippen molar-refractivity contribution in [2.45, 2.75) is 13.8 Å². The summed E-state index contributed by atoms with van der Waals surface area (Å²) in [6.45, 7) is 3.93.